The lowest BCUT2D eigenvalue weighted by molar-refractivity contribution is -0.124. The summed E-state index contributed by atoms with van der Waals surface area (Å²) in [6, 6.07) is 10.7. The molecule has 1 fully saturated rings. The Labute approximate surface area is 120 Å². The molecular weight excluding hydrogens is 248 g/mol. The van der Waals surface area contributed by atoms with E-state index in [0.717, 1.165) is 12.8 Å². The first kappa shape index (κ1) is 13.2. The molecule has 3 heteroatoms. The normalized spacial score (nSPS) is 29.4. The number of nitriles is 1. The van der Waals surface area contributed by atoms with Crippen molar-refractivity contribution in [3.8, 4) is 6.07 Å². The van der Waals surface area contributed by atoms with Gasteiger partial charge >= 0.3 is 0 Å². The second-order valence-corrected chi connectivity index (χ2v) is 6.24. The number of fused-ring (bicyclic) bond motifs is 3. The molecule has 0 bridgehead atoms. The van der Waals surface area contributed by atoms with E-state index in [9.17, 15) is 10.1 Å². The molecular formula is C17H20N2O. The molecule has 3 rings (SSSR count). The minimum Gasteiger partial charge on any atom is -0.338 e. The van der Waals surface area contributed by atoms with Gasteiger partial charge in [-0.15, -0.1) is 0 Å². The number of nitrogens with zero attached hydrogens (tertiary/aromatic N) is 1. The van der Waals surface area contributed by atoms with E-state index in [1.54, 1.807) is 6.92 Å². The number of carbonyl (C=O) groups is 1. The van der Waals surface area contributed by atoms with Gasteiger partial charge in [0.1, 0.15) is 5.54 Å². The van der Waals surface area contributed by atoms with Crippen LogP contribution in [0.3, 0.4) is 0 Å². The Bertz CT molecular complexity index is 589. The van der Waals surface area contributed by atoms with Gasteiger partial charge in [0.25, 0.3) is 0 Å². The molecule has 4 atom stereocenters. The number of amides is 1. The van der Waals surface area contributed by atoms with E-state index in [0.29, 0.717) is 18.3 Å². The second kappa shape index (κ2) is 4.63. The molecule has 4 unspecified atom stereocenters. The molecule has 2 aliphatic carbocycles. The lowest BCUT2D eigenvalue weighted by Gasteiger charge is -2.21. The van der Waals surface area contributed by atoms with Crippen LogP contribution in [0.4, 0.5) is 0 Å². The Morgan fingerprint density at radius 1 is 1.50 bits per heavy atom. The first-order valence-corrected chi connectivity index (χ1v) is 7.40. The molecule has 3 nitrogen and oxygen atoms in total. The van der Waals surface area contributed by atoms with Crippen molar-refractivity contribution in [2.45, 2.75) is 44.6 Å². The number of benzene rings is 1. The molecule has 0 aromatic heterocycles. The first-order chi connectivity index (χ1) is 9.59. The van der Waals surface area contributed by atoms with Gasteiger partial charge in [0, 0.05) is 5.92 Å². The van der Waals surface area contributed by atoms with E-state index in [-0.39, 0.29) is 11.8 Å². The van der Waals surface area contributed by atoms with Crippen LogP contribution in [-0.2, 0) is 11.2 Å². The Balaban J connectivity index is 1.76. The lowest BCUT2D eigenvalue weighted by atomic mass is 9.92. The molecule has 1 aromatic carbocycles. The highest BCUT2D eigenvalue weighted by molar-refractivity contribution is 5.85. The molecule has 20 heavy (non-hydrogen) atoms. The highest BCUT2D eigenvalue weighted by Gasteiger charge is 2.57. The summed E-state index contributed by atoms with van der Waals surface area (Å²) in [5, 5.41) is 12.1. The molecule has 1 saturated carbocycles. The van der Waals surface area contributed by atoms with E-state index < -0.39 is 5.54 Å². The van der Waals surface area contributed by atoms with Crippen LogP contribution in [0.25, 0.3) is 0 Å². The minimum absolute atomic E-state index is 0.0580. The van der Waals surface area contributed by atoms with Crippen LogP contribution in [0.5, 0.6) is 0 Å². The summed E-state index contributed by atoms with van der Waals surface area (Å²) in [6.07, 6.45) is 2.80. The molecule has 1 aromatic rings. The number of aryl methyl sites for hydroxylation is 1. The average molecular weight is 268 g/mol. The highest BCUT2D eigenvalue weighted by Crippen LogP contribution is 2.59. The summed E-state index contributed by atoms with van der Waals surface area (Å²) in [7, 11) is 0. The van der Waals surface area contributed by atoms with Crippen molar-refractivity contribution in [1.82, 2.24) is 5.32 Å². The van der Waals surface area contributed by atoms with Crippen molar-refractivity contribution >= 4 is 5.91 Å². The Kier molecular flexibility index (Phi) is 3.05. The van der Waals surface area contributed by atoms with Crippen molar-refractivity contribution < 1.29 is 4.79 Å². The minimum atomic E-state index is -0.734. The SMILES string of the molecule is CCC(C)(C#N)NC(=O)C1C2CCc3ccccc3C21. The molecule has 104 valence electrons. The van der Waals surface area contributed by atoms with Crippen molar-refractivity contribution in [2.75, 3.05) is 0 Å². The number of nitrogens with one attached hydrogen (secondary N) is 1. The van der Waals surface area contributed by atoms with Gasteiger partial charge in [0.15, 0.2) is 0 Å². The molecule has 1 N–H and O–H groups in total. The smallest absolute Gasteiger partial charge is 0.225 e. The first-order valence-electron chi connectivity index (χ1n) is 7.40. The number of rotatable bonds is 3. The summed E-state index contributed by atoms with van der Waals surface area (Å²) < 4.78 is 0. The van der Waals surface area contributed by atoms with E-state index in [1.807, 2.05) is 6.92 Å². The molecule has 0 aliphatic heterocycles. The third kappa shape index (κ3) is 2.00. The van der Waals surface area contributed by atoms with Gasteiger partial charge in [0.2, 0.25) is 5.91 Å². The number of carbonyl (C=O) groups excluding carboxylic acids is 1. The lowest BCUT2D eigenvalue weighted by Crippen LogP contribution is -2.45. The zero-order valence-corrected chi connectivity index (χ0v) is 12.0. The van der Waals surface area contributed by atoms with Crippen LogP contribution in [0.1, 0.15) is 43.7 Å². The standard InChI is InChI=1S/C17H20N2O/c1-3-17(2,10-18)19-16(20)15-13-9-8-11-6-4-5-7-12(11)14(13)15/h4-7,13-15H,3,8-9H2,1-2H3,(H,19,20). The fraction of sp³-hybridized carbons (Fsp3) is 0.529. The summed E-state index contributed by atoms with van der Waals surface area (Å²) in [4.78, 5) is 12.5. The van der Waals surface area contributed by atoms with Crippen molar-refractivity contribution in [3.05, 3.63) is 35.4 Å². The molecule has 1 amide bonds. The largest absolute Gasteiger partial charge is 0.338 e. The van der Waals surface area contributed by atoms with Gasteiger partial charge in [-0.1, -0.05) is 31.2 Å². The highest BCUT2D eigenvalue weighted by atomic mass is 16.2. The maximum atomic E-state index is 12.5. The molecule has 2 aliphatic rings. The summed E-state index contributed by atoms with van der Waals surface area (Å²) in [6.45, 7) is 3.73. The van der Waals surface area contributed by atoms with E-state index >= 15 is 0 Å². The van der Waals surface area contributed by atoms with E-state index in [4.69, 9.17) is 0 Å². The van der Waals surface area contributed by atoms with Gasteiger partial charge in [-0.25, -0.2) is 0 Å². The van der Waals surface area contributed by atoms with E-state index in [1.165, 1.54) is 11.1 Å². The molecule has 0 spiro atoms. The maximum Gasteiger partial charge on any atom is 0.225 e. The van der Waals surface area contributed by atoms with Crippen LogP contribution < -0.4 is 5.32 Å². The third-order valence-corrected chi connectivity index (χ3v) is 4.99. The van der Waals surface area contributed by atoms with Crippen LogP contribution in [0, 0.1) is 23.2 Å². The monoisotopic (exact) mass is 268 g/mol. The maximum absolute atomic E-state index is 12.5. The van der Waals surface area contributed by atoms with Crippen LogP contribution in [0.2, 0.25) is 0 Å². The molecule has 0 heterocycles. The zero-order valence-electron chi connectivity index (χ0n) is 12.0. The Hall–Kier alpha value is -1.82. The van der Waals surface area contributed by atoms with Crippen LogP contribution >= 0.6 is 0 Å². The fourth-order valence-corrected chi connectivity index (χ4v) is 3.47. The quantitative estimate of drug-likeness (QED) is 0.916. The van der Waals surface area contributed by atoms with Crippen molar-refractivity contribution in [3.63, 3.8) is 0 Å². The summed E-state index contributed by atoms with van der Waals surface area (Å²) in [5.74, 6) is 0.977. The predicted molar refractivity (Wildman–Crippen MR) is 76.9 cm³/mol. The predicted octanol–water partition coefficient (Wildman–Crippen LogP) is 2.77. The van der Waals surface area contributed by atoms with Gasteiger partial charge in [-0.05, 0) is 49.1 Å². The Morgan fingerprint density at radius 3 is 2.95 bits per heavy atom. The molecule has 0 saturated heterocycles. The van der Waals surface area contributed by atoms with Crippen LogP contribution in [0.15, 0.2) is 24.3 Å². The van der Waals surface area contributed by atoms with Crippen molar-refractivity contribution in [1.29, 1.82) is 5.26 Å². The fourth-order valence-electron chi connectivity index (χ4n) is 3.47. The van der Waals surface area contributed by atoms with Gasteiger partial charge in [-0.2, -0.15) is 5.26 Å². The van der Waals surface area contributed by atoms with Crippen molar-refractivity contribution in [2.24, 2.45) is 11.8 Å². The van der Waals surface area contributed by atoms with Gasteiger partial charge < -0.3 is 5.32 Å². The topological polar surface area (TPSA) is 52.9 Å². The average Bonchev–Trinajstić information content (AvgIpc) is 3.22. The van der Waals surface area contributed by atoms with Crippen LogP contribution in [-0.4, -0.2) is 11.4 Å². The van der Waals surface area contributed by atoms with Gasteiger partial charge in [0.05, 0.1) is 6.07 Å². The summed E-state index contributed by atoms with van der Waals surface area (Å²) in [5.41, 5.74) is 2.00. The third-order valence-electron chi connectivity index (χ3n) is 4.99. The Morgan fingerprint density at radius 2 is 2.25 bits per heavy atom. The number of hydrogen-bond acceptors (Lipinski definition) is 2. The van der Waals surface area contributed by atoms with E-state index in [2.05, 4.69) is 35.7 Å². The summed E-state index contributed by atoms with van der Waals surface area (Å²) >= 11 is 0. The zero-order chi connectivity index (χ0) is 14.3. The molecule has 0 radical (unpaired) electrons. The van der Waals surface area contributed by atoms with Gasteiger partial charge in [-0.3, -0.25) is 4.79 Å². The second-order valence-electron chi connectivity index (χ2n) is 6.24. The number of hydrogen-bond donors (Lipinski definition) is 1.